The molecule has 3 rings (SSSR count). The van der Waals surface area contributed by atoms with Crippen molar-refractivity contribution in [3.8, 4) is 0 Å². The first-order valence-corrected chi connectivity index (χ1v) is 14.9. The number of sulfonamides is 1. The van der Waals surface area contributed by atoms with E-state index in [0.717, 1.165) is 32.1 Å². The normalized spacial score (nSPS) is 12.5. The molecule has 0 aliphatic rings. The molecule has 2 amide bonds. The lowest BCUT2D eigenvalue weighted by molar-refractivity contribution is -0.140. The van der Waals surface area contributed by atoms with Crippen molar-refractivity contribution in [2.75, 3.05) is 10.8 Å². The molecule has 0 fully saturated rings. The summed E-state index contributed by atoms with van der Waals surface area (Å²) in [6.07, 6.45) is 0. The van der Waals surface area contributed by atoms with E-state index in [-0.39, 0.29) is 17.3 Å². The van der Waals surface area contributed by atoms with E-state index in [1.54, 1.807) is 43.3 Å². The fourth-order valence-electron chi connectivity index (χ4n) is 4.27. The van der Waals surface area contributed by atoms with Gasteiger partial charge in [-0.1, -0.05) is 48.0 Å². The fourth-order valence-corrected chi connectivity index (χ4v) is 5.68. The molecule has 0 heterocycles. The average molecular weight is 564 g/mol. The Morgan fingerprint density at radius 1 is 0.850 bits per heavy atom. The molecule has 1 unspecified atom stereocenters. The van der Waals surface area contributed by atoms with Crippen LogP contribution in [0.15, 0.2) is 71.6 Å². The van der Waals surface area contributed by atoms with E-state index in [4.69, 9.17) is 0 Å². The lowest BCUT2D eigenvalue weighted by Gasteiger charge is -2.34. The van der Waals surface area contributed by atoms with Crippen molar-refractivity contribution in [1.82, 2.24) is 10.2 Å². The van der Waals surface area contributed by atoms with Crippen LogP contribution in [0.1, 0.15) is 55.5 Å². The first-order chi connectivity index (χ1) is 18.6. The Hall–Kier alpha value is -3.65. The topological polar surface area (TPSA) is 86.8 Å². The summed E-state index contributed by atoms with van der Waals surface area (Å²) in [6.45, 7) is 14.7. The zero-order valence-corrected chi connectivity index (χ0v) is 25.6. The zero-order valence-electron chi connectivity index (χ0n) is 24.8. The lowest BCUT2D eigenvalue weighted by atomic mass is 10.1. The standard InChI is InChI=1S/C32H41N3O4S/c1-22-13-17-29(18-14-22)40(38,39)35(28-16-15-23(2)25(4)19-28)21-30(36)34(20-27-12-10-9-11-24(27)3)26(5)31(37)33-32(6,7)8/h9-19,26H,20-21H2,1-8H3,(H,33,37). The summed E-state index contributed by atoms with van der Waals surface area (Å²) in [4.78, 5) is 28.9. The number of hydrogen-bond acceptors (Lipinski definition) is 4. The predicted octanol–water partition coefficient (Wildman–Crippen LogP) is 5.45. The minimum Gasteiger partial charge on any atom is -0.350 e. The summed E-state index contributed by atoms with van der Waals surface area (Å²) in [5, 5.41) is 2.95. The van der Waals surface area contributed by atoms with Gasteiger partial charge in [-0.2, -0.15) is 0 Å². The fraction of sp³-hybridized carbons (Fsp3) is 0.375. The average Bonchev–Trinajstić information content (AvgIpc) is 2.87. The smallest absolute Gasteiger partial charge is 0.264 e. The Morgan fingerprint density at radius 3 is 2.05 bits per heavy atom. The Bertz CT molecular complexity index is 1470. The van der Waals surface area contributed by atoms with Gasteiger partial charge >= 0.3 is 0 Å². The molecule has 3 aromatic carbocycles. The molecule has 0 spiro atoms. The van der Waals surface area contributed by atoms with Gasteiger partial charge in [-0.05, 0) is 102 Å². The van der Waals surface area contributed by atoms with Gasteiger partial charge in [0.05, 0.1) is 10.6 Å². The summed E-state index contributed by atoms with van der Waals surface area (Å²) in [5.41, 5.74) is 4.59. The van der Waals surface area contributed by atoms with E-state index >= 15 is 0 Å². The van der Waals surface area contributed by atoms with Crippen molar-refractivity contribution in [1.29, 1.82) is 0 Å². The largest absolute Gasteiger partial charge is 0.350 e. The summed E-state index contributed by atoms with van der Waals surface area (Å²) >= 11 is 0. The van der Waals surface area contributed by atoms with Crippen LogP contribution in [0, 0.1) is 27.7 Å². The maximum Gasteiger partial charge on any atom is 0.264 e. The highest BCUT2D eigenvalue weighted by atomic mass is 32.2. The first-order valence-electron chi connectivity index (χ1n) is 13.4. The molecule has 7 nitrogen and oxygen atoms in total. The van der Waals surface area contributed by atoms with Gasteiger partial charge in [-0.3, -0.25) is 13.9 Å². The number of nitrogens with zero attached hydrogens (tertiary/aromatic N) is 2. The van der Waals surface area contributed by atoms with Crippen LogP contribution in [-0.4, -0.2) is 43.3 Å². The molecule has 0 bridgehead atoms. The Kier molecular flexibility index (Phi) is 9.46. The number of amides is 2. The number of carbonyl (C=O) groups excluding carboxylic acids is 2. The molecular formula is C32H41N3O4S. The molecular weight excluding hydrogens is 522 g/mol. The van der Waals surface area contributed by atoms with E-state index in [1.807, 2.05) is 78.8 Å². The van der Waals surface area contributed by atoms with Crippen LogP contribution >= 0.6 is 0 Å². The van der Waals surface area contributed by atoms with Crippen LogP contribution in [0.4, 0.5) is 5.69 Å². The third kappa shape index (κ3) is 7.50. The van der Waals surface area contributed by atoms with Crippen LogP contribution in [0.5, 0.6) is 0 Å². The summed E-state index contributed by atoms with van der Waals surface area (Å²) in [6, 6.07) is 18.7. The lowest BCUT2D eigenvalue weighted by Crippen LogP contribution is -2.54. The maximum atomic E-state index is 14.1. The Morgan fingerprint density at radius 2 is 1.48 bits per heavy atom. The first kappa shape index (κ1) is 30.9. The summed E-state index contributed by atoms with van der Waals surface area (Å²) < 4.78 is 29.1. The van der Waals surface area contributed by atoms with E-state index in [0.29, 0.717) is 5.69 Å². The van der Waals surface area contributed by atoms with Crippen molar-refractivity contribution in [2.24, 2.45) is 0 Å². The molecule has 0 aliphatic carbocycles. The molecule has 0 aliphatic heterocycles. The molecule has 0 aromatic heterocycles. The third-order valence-corrected chi connectivity index (χ3v) is 8.72. The number of rotatable bonds is 9. The van der Waals surface area contributed by atoms with Crippen molar-refractivity contribution in [3.05, 3.63) is 94.5 Å². The van der Waals surface area contributed by atoms with E-state index in [9.17, 15) is 18.0 Å². The third-order valence-electron chi connectivity index (χ3n) is 6.93. The zero-order chi connectivity index (χ0) is 29.8. The van der Waals surface area contributed by atoms with Gasteiger partial charge in [0, 0.05) is 12.1 Å². The van der Waals surface area contributed by atoms with Crippen molar-refractivity contribution in [3.63, 3.8) is 0 Å². The van der Waals surface area contributed by atoms with Crippen LogP contribution in [0.25, 0.3) is 0 Å². The number of benzene rings is 3. The van der Waals surface area contributed by atoms with Crippen LogP contribution in [0.3, 0.4) is 0 Å². The van der Waals surface area contributed by atoms with Gasteiger partial charge in [0.25, 0.3) is 10.0 Å². The summed E-state index contributed by atoms with van der Waals surface area (Å²) in [5.74, 6) is -0.790. The van der Waals surface area contributed by atoms with Crippen LogP contribution in [0.2, 0.25) is 0 Å². The van der Waals surface area contributed by atoms with Gasteiger partial charge in [0.15, 0.2) is 0 Å². The van der Waals surface area contributed by atoms with Crippen molar-refractivity contribution < 1.29 is 18.0 Å². The van der Waals surface area contributed by atoms with E-state index in [1.165, 1.54) is 4.90 Å². The molecule has 1 atom stereocenters. The minimum absolute atomic E-state index is 0.0908. The highest BCUT2D eigenvalue weighted by molar-refractivity contribution is 7.92. The molecule has 0 radical (unpaired) electrons. The number of carbonyl (C=O) groups is 2. The molecule has 0 saturated heterocycles. The van der Waals surface area contributed by atoms with Gasteiger partial charge < -0.3 is 10.2 Å². The molecule has 1 N–H and O–H groups in total. The number of hydrogen-bond donors (Lipinski definition) is 1. The molecule has 0 saturated carbocycles. The van der Waals surface area contributed by atoms with Crippen molar-refractivity contribution >= 4 is 27.5 Å². The number of nitrogens with one attached hydrogen (secondary N) is 1. The highest BCUT2D eigenvalue weighted by Gasteiger charge is 2.33. The van der Waals surface area contributed by atoms with Gasteiger partial charge in [-0.15, -0.1) is 0 Å². The molecule has 3 aromatic rings. The second-order valence-corrected chi connectivity index (χ2v) is 13.3. The quantitative estimate of drug-likeness (QED) is 0.375. The molecule has 214 valence electrons. The van der Waals surface area contributed by atoms with Crippen LogP contribution < -0.4 is 9.62 Å². The SMILES string of the molecule is Cc1ccc(S(=O)(=O)N(CC(=O)N(Cc2ccccc2C)C(C)C(=O)NC(C)(C)C)c2ccc(C)c(C)c2)cc1. The molecule has 40 heavy (non-hydrogen) atoms. The summed E-state index contributed by atoms with van der Waals surface area (Å²) in [7, 11) is -4.10. The second-order valence-electron chi connectivity index (χ2n) is 11.5. The van der Waals surface area contributed by atoms with Gasteiger partial charge in [-0.25, -0.2) is 8.42 Å². The molecule has 8 heteroatoms. The monoisotopic (exact) mass is 563 g/mol. The van der Waals surface area contributed by atoms with Gasteiger partial charge in [0.1, 0.15) is 12.6 Å². The minimum atomic E-state index is -4.10. The predicted molar refractivity (Wildman–Crippen MR) is 161 cm³/mol. The second kappa shape index (κ2) is 12.3. The number of aryl methyl sites for hydroxylation is 4. The maximum absolute atomic E-state index is 14.1. The number of anilines is 1. The Balaban J connectivity index is 2.08. The Labute approximate surface area is 239 Å². The highest BCUT2D eigenvalue weighted by Crippen LogP contribution is 2.27. The van der Waals surface area contributed by atoms with Gasteiger partial charge in [0.2, 0.25) is 11.8 Å². The van der Waals surface area contributed by atoms with Crippen molar-refractivity contribution in [2.45, 2.75) is 78.4 Å². The van der Waals surface area contributed by atoms with Crippen LogP contribution in [-0.2, 0) is 26.2 Å². The van der Waals surface area contributed by atoms with E-state index < -0.39 is 34.1 Å². The van der Waals surface area contributed by atoms with E-state index in [2.05, 4.69) is 5.32 Å².